The van der Waals surface area contributed by atoms with E-state index in [9.17, 15) is 9.59 Å². The number of fused-ring (bicyclic) bond motifs is 2. The Morgan fingerprint density at radius 3 is 2.85 bits per heavy atom. The van der Waals surface area contributed by atoms with Gasteiger partial charge in [0.15, 0.2) is 16.3 Å². The smallest absolute Gasteiger partial charge is 0.325 e. The van der Waals surface area contributed by atoms with Crippen LogP contribution in [0.3, 0.4) is 0 Å². The van der Waals surface area contributed by atoms with Crippen LogP contribution in [-0.4, -0.2) is 45.1 Å². The average Bonchev–Trinajstić information content (AvgIpc) is 3.34. The molecule has 1 amide bonds. The molecule has 1 aliphatic rings. The van der Waals surface area contributed by atoms with E-state index in [0.717, 1.165) is 4.70 Å². The fourth-order valence-electron chi connectivity index (χ4n) is 2.49. The largest absolute Gasteiger partial charge is 0.468 e. The van der Waals surface area contributed by atoms with Crippen molar-refractivity contribution in [3.8, 4) is 11.5 Å². The third-order valence-corrected chi connectivity index (χ3v) is 4.72. The van der Waals surface area contributed by atoms with Gasteiger partial charge in [-0.1, -0.05) is 11.3 Å². The molecule has 0 spiro atoms. The highest BCUT2D eigenvalue weighted by Crippen LogP contribution is 2.36. The molecule has 2 aromatic heterocycles. The van der Waals surface area contributed by atoms with Crippen molar-refractivity contribution in [3.63, 3.8) is 0 Å². The summed E-state index contributed by atoms with van der Waals surface area (Å²) in [5.41, 5.74) is 0.706. The molecule has 0 atom stereocenters. The summed E-state index contributed by atoms with van der Waals surface area (Å²) in [5, 5.41) is 3.88. The molecule has 3 aromatic rings. The maximum absolute atomic E-state index is 12.2. The van der Waals surface area contributed by atoms with Gasteiger partial charge in [-0.3, -0.25) is 9.59 Å². The highest BCUT2D eigenvalue weighted by atomic mass is 32.1. The van der Waals surface area contributed by atoms with Gasteiger partial charge in [-0.05, 0) is 0 Å². The molecule has 134 valence electrons. The average molecular weight is 375 g/mol. The van der Waals surface area contributed by atoms with E-state index in [2.05, 4.69) is 15.1 Å². The lowest BCUT2D eigenvalue weighted by atomic mass is 10.3. The lowest BCUT2D eigenvalue weighted by Crippen LogP contribution is -2.23. The summed E-state index contributed by atoms with van der Waals surface area (Å²) >= 11 is 1.27. The fraction of sp³-hybridized carbons (Fsp3) is 0.267. The first-order chi connectivity index (χ1) is 12.6. The number of ether oxygens (including phenoxy) is 3. The van der Waals surface area contributed by atoms with E-state index >= 15 is 0 Å². The summed E-state index contributed by atoms with van der Waals surface area (Å²) in [7, 11) is 1.30. The van der Waals surface area contributed by atoms with E-state index in [-0.39, 0.29) is 19.9 Å². The number of hydrogen-bond acceptors (Lipinski definition) is 8. The second-order valence-electron chi connectivity index (χ2n) is 5.32. The second kappa shape index (κ2) is 6.59. The number of hydrogen-bond donors (Lipinski definition) is 0. The predicted octanol–water partition coefficient (Wildman–Crippen LogP) is 0.323. The topological polar surface area (TPSA) is 110 Å². The van der Waals surface area contributed by atoms with Gasteiger partial charge in [-0.15, -0.1) is 0 Å². The highest BCUT2D eigenvalue weighted by Gasteiger charge is 2.19. The van der Waals surface area contributed by atoms with Crippen molar-refractivity contribution in [1.82, 2.24) is 19.3 Å². The Balaban J connectivity index is 1.79. The van der Waals surface area contributed by atoms with Crippen molar-refractivity contribution in [1.29, 1.82) is 0 Å². The van der Waals surface area contributed by atoms with Crippen LogP contribution in [0.25, 0.3) is 10.2 Å². The van der Waals surface area contributed by atoms with E-state index in [1.54, 1.807) is 16.7 Å². The number of thiazole rings is 1. The lowest BCUT2D eigenvalue weighted by Gasteiger charge is -2.04. The lowest BCUT2D eigenvalue weighted by molar-refractivity contribution is -0.141. The number of nitrogens with zero attached hydrogens (tertiary/aromatic N) is 5. The van der Waals surface area contributed by atoms with Crippen LogP contribution < -0.4 is 14.3 Å². The zero-order valence-corrected chi connectivity index (χ0v) is 14.4. The highest BCUT2D eigenvalue weighted by molar-refractivity contribution is 7.16. The minimum absolute atomic E-state index is 0.0464. The Kier molecular flexibility index (Phi) is 4.13. The predicted molar refractivity (Wildman–Crippen MR) is 88.5 cm³/mol. The molecular formula is C15H13N5O5S. The van der Waals surface area contributed by atoms with Crippen LogP contribution in [0.2, 0.25) is 0 Å². The molecule has 3 heterocycles. The molecule has 1 aromatic carbocycles. The number of benzene rings is 1. The fourth-order valence-corrected chi connectivity index (χ4v) is 3.54. The zero-order valence-electron chi connectivity index (χ0n) is 13.6. The third kappa shape index (κ3) is 3.04. The molecular weight excluding hydrogens is 362 g/mol. The first kappa shape index (κ1) is 16.3. The Morgan fingerprint density at radius 1 is 1.31 bits per heavy atom. The number of esters is 1. The number of aromatic nitrogens is 4. The number of carbonyl (C=O) groups is 2. The van der Waals surface area contributed by atoms with Gasteiger partial charge in [0.1, 0.15) is 25.7 Å². The molecule has 0 saturated heterocycles. The molecule has 11 heteroatoms. The maximum Gasteiger partial charge on any atom is 0.325 e. The second-order valence-corrected chi connectivity index (χ2v) is 6.33. The number of methoxy groups -OCH3 is 1. The quantitative estimate of drug-likeness (QED) is 0.604. The third-order valence-electron chi connectivity index (χ3n) is 3.68. The molecule has 1 aliphatic heterocycles. The number of amides is 1. The number of rotatable bonds is 4. The summed E-state index contributed by atoms with van der Waals surface area (Å²) < 4.78 is 19.3. The van der Waals surface area contributed by atoms with Crippen LogP contribution in [-0.2, 0) is 27.4 Å². The van der Waals surface area contributed by atoms with Gasteiger partial charge in [0.05, 0.1) is 17.3 Å². The summed E-state index contributed by atoms with van der Waals surface area (Å²) in [6.07, 6.45) is 2.77. The van der Waals surface area contributed by atoms with Crippen molar-refractivity contribution in [2.24, 2.45) is 4.99 Å². The number of carbonyl (C=O) groups excluding carboxylic acids is 2. The minimum atomic E-state index is -0.451. The summed E-state index contributed by atoms with van der Waals surface area (Å²) in [6.45, 7) is 0.0258. The van der Waals surface area contributed by atoms with Crippen molar-refractivity contribution in [2.45, 2.75) is 13.1 Å². The summed E-state index contributed by atoms with van der Waals surface area (Å²) in [6, 6.07) is 3.56. The van der Waals surface area contributed by atoms with Crippen molar-refractivity contribution in [2.75, 3.05) is 13.9 Å². The summed E-state index contributed by atoms with van der Waals surface area (Å²) in [5.74, 6) is 0.326. The van der Waals surface area contributed by atoms with Crippen LogP contribution in [0.4, 0.5) is 0 Å². The van der Waals surface area contributed by atoms with Crippen LogP contribution in [0.1, 0.15) is 0 Å². The molecule has 0 radical (unpaired) electrons. The maximum atomic E-state index is 12.2. The van der Waals surface area contributed by atoms with E-state index < -0.39 is 11.9 Å². The van der Waals surface area contributed by atoms with Gasteiger partial charge in [0.25, 0.3) is 5.91 Å². The zero-order chi connectivity index (χ0) is 18.1. The molecule has 0 aliphatic carbocycles. The monoisotopic (exact) mass is 375 g/mol. The molecule has 26 heavy (non-hydrogen) atoms. The van der Waals surface area contributed by atoms with Gasteiger partial charge in [-0.25, -0.2) is 9.67 Å². The SMILES string of the molecule is COC(=O)Cn1c(=NC(=O)Cn2cncn2)sc2cc3c(cc21)OCO3. The Bertz CT molecular complexity index is 1050. The van der Waals surface area contributed by atoms with Gasteiger partial charge < -0.3 is 18.8 Å². The van der Waals surface area contributed by atoms with E-state index in [1.165, 1.54) is 35.8 Å². The Hall–Kier alpha value is -3.21. The van der Waals surface area contributed by atoms with Gasteiger partial charge in [0.2, 0.25) is 6.79 Å². The van der Waals surface area contributed by atoms with Gasteiger partial charge in [-0.2, -0.15) is 10.1 Å². The molecule has 0 bridgehead atoms. The van der Waals surface area contributed by atoms with Crippen LogP contribution in [0, 0.1) is 0 Å². The van der Waals surface area contributed by atoms with E-state index in [4.69, 9.17) is 14.2 Å². The van der Waals surface area contributed by atoms with E-state index in [1.807, 2.05) is 0 Å². The molecule has 0 N–H and O–H groups in total. The van der Waals surface area contributed by atoms with Gasteiger partial charge in [0, 0.05) is 12.1 Å². The standard InChI is InChI=1S/C15H13N5O5S/c1-23-14(22)5-20-9-2-10-11(25-8-24-10)3-12(9)26-15(20)18-13(21)4-19-7-16-6-17-19/h2-3,6-7H,4-5,8H2,1H3. The molecule has 0 unspecified atom stereocenters. The van der Waals surface area contributed by atoms with Crippen molar-refractivity contribution >= 4 is 33.4 Å². The van der Waals surface area contributed by atoms with Crippen LogP contribution in [0.15, 0.2) is 29.8 Å². The van der Waals surface area contributed by atoms with Crippen molar-refractivity contribution in [3.05, 3.63) is 29.6 Å². The van der Waals surface area contributed by atoms with E-state index in [0.29, 0.717) is 21.8 Å². The minimum Gasteiger partial charge on any atom is -0.468 e. The first-order valence-electron chi connectivity index (χ1n) is 7.54. The van der Waals surface area contributed by atoms with Crippen LogP contribution in [0.5, 0.6) is 11.5 Å². The van der Waals surface area contributed by atoms with Crippen LogP contribution >= 0.6 is 11.3 Å². The normalized spacial score (nSPS) is 13.3. The van der Waals surface area contributed by atoms with Crippen molar-refractivity contribution < 1.29 is 23.8 Å². The van der Waals surface area contributed by atoms with Gasteiger partial charge >= 0.3 is 5.97 Å². The Morgan fingerprint density at radius 2 is 2.12 bits per heavy atom. The summed E-state index contributed by atoms with van der Waals surface area (Å²) in [4.78, 5) is 32.3. The molecule has 10 nitrogen and oxygen atoms in total. The molecule has 4 rings (SSSR count). The molecule has 0 saturated carbocycles. The Labute approximate surface area is 150 Å². The molecule has 0 fully saturated rings. The first-order valence-corrected chi connectivity index (χ1v) is 8.35.